The van der Waals surface area contributed by atoms with Crippen LogP contribution in [0.4, 0.5) is 11.4 Å². The molecule has 2 aromatic rings. The molecule has 21 heavy (non-hydrogen) atoms. The molecule has 110 valence electrons. The van der Waals surface area contributed by atoms with Crippen molar-refractivity contribution in [3.8, 4) is 0 Å². The van der Waals surface area contributed by atoms with Gasteiger partial charge >= 0.3 is 0 Å². The molecule has 1 aromatic heterocycles. The van der Waals surface area contributed by atoms with Crippen LogP contribution in [-0.2, 0) is 0 Å². The summed E-state index contributed by atoms with van der Waals surface area (Å²) in [4.78, 5) is 7.06. The third kappa shape index (κ3) is 2.33. The van der Waals surface area contributed by atoms with Gasteiger partial charge in [0.25, 0.3) is 0 Å². The topological polar surface area (TPSA) is 54.2 Å². The normalized spacial score (nSPS) is 25.9. The second kappa shape index (κ2) is 5.19. The van der Waals surface area contributed by atoms with Crippen molar-refractivity contribution in [3.05, 3.63) is 30.5 Å². The molecule has 4 heteroatoms. The second-order valence-corrected chi connectivity index (χ2v) is 6.30. The number of piperidine rings is 1. The molecule has 0 amide bonds. The maximum absolute atomic E-state index is 6.18. The Kier molecular flexibility index (Phi) is 3.19. The predicted molar refractivity (Wildman–Crippen MR) is 87.4 cm³/mol. The fraction of sp³-hybridized carbons (Fsp3) is 0.471. The van der Waals surface area contributed by atoms with Crippen LogP contribution in [0.1, 0.15) is 25.7 Å². The van der Waals surface area contributed by atoms with Gasteiger partial charge in [-0.3, -0.25) is 4.98 Å². The van der Waals surface area contributed by atoms with Crippen molar-refractivity contribution in [2.24, 2.45) is 0 Å². The monoisotopic (exact) mass is 282 g/mol. The molecule has 2 aliphatic rings. The Morgan fingerprint density at radius 2 is 2.10 bits per heavy atom. The number of fused-ring (bicyclic) bond motifs is 2. The van der Waals surface area contributed by atoms with E-state index in [0.29, 0.717) is 6.04 Å². The third-order valence-electron chi connectivity index (χ3n) is 4.97. The fourth-order valence-corrected chi connectivity index (χ4v) is 3.88. The van der Waals surface area contributed by atoms with E-state index in [4.69, 9.17) is 5.73 Å². The van der Waals surface area contributed by atoms with Crippen molar-refractivity contribution in [2.75, 3.05) is 24.1 Å². The molecule has 3 heterocycles. The molecule has 2 fully saturated rings. The number of nitrogens with one attached hydrogen (secondary N) is 1. The maximum atomic E-state index is 6.18. The zero-order valence-electron chi connectivity index (χ0n) is 12.3. The average Bonchev–Trinajstić information content (AvgIpc) is 2.98. The first-order valence-electron chi connectivity index (χ1n) is 7.95. The van der Waals surface area contributed by atoms with E-state index in [1.54, 1.807) is 6.20 Å². The first kappa shape index (κ1) is 12.9. The van der Waals surface area contributed by atoms with Crippen molar-refractivity contribution >= 4 is 22.3 Å². The Labute approximate surface area is 125 Å². The highest BCUT2D eigenvalue weighted by molar-refractivity contribution is 5.96. The van der Waals surface area contributed by atoms with E-state index in [1.807, 2.05) is 18.2 Å². The number of nitrogens with two attached hydrogens (primary N) is 1. The van der Waals surface area contributed by atoms with Gasteiger partial charge in [-0.15, -0.1) is 0 Å². The quantitative estimate of drug-likeness (QED) is 0.889. The van der Waals surface area contributed by atoms with E-state index < -0.39 is 0 Å². The summed E-state index contributed by atoms with van der Waals surface area (Å²) in [6, 6.07) is 9.51. The minimum absolute atomic E-state index is 0.525. The van der Waals surface area contributed by atoms with E-state index >= 15 is 0 Å². The van der Waals surface area contributed by atoms with E-state index in [0.717, 1.165) is 28.3 Å². The lowest BCUT2D eigenvalue weighted by atomic mass is 9.97. The molecule has 0 radical (unpaired) electrons. The number of pyridine rings is 1. The van der Waals surface area contributed by atoms with Gasteiger partial charge < -0.3 is 16.0 Å². The Morgan fingerprint density at radius 1 is 1.19 bits per heavy atom. The number of anilines is 2. The molecular weight excluding hydrogens is 260 g/mol. The van der Waals surface area contributed by atoms with Gasteiger partial charge in [-0.25, -0.2) is 0 Å². The number of nitrogens with zero attached hydrogens (tertiary/aromatic N) is 2. The number of aromatic nitrogens is 1. The number of rotatable bonds is 2. The number of nitrogen functional groups attached to an aromatic ring is 1. The summed E-state index contributed by atoms with van der Waals surface area (Å²) in [6.07, 6.45) is 6.92. The molecule has 0 spiro atoms. The van der Waals surface area contributed by atoms with Gasteiger partial charge in [0.05, 0.1) is 23.1 Å². The van der Waals surface area contributed by atoms with Crippen molar-refractivity contribution in [1.82, 2.24) is 9.88 Å². The number of para-hydroxylation sites is 1. The van der Waals surface area contributed by atoms with E-state index in [1.165, 1.54) is 38.8 Å². The lowest BCUT2D eigenvalue weighted by Crippen LogP contribution is -2.42. The molecule has 3 N–H and O–H groups in total. The van der Waals surface area contributed by atoms with E-state index in [2.05, 4.69) is 21.3 Å². The van der Waals surface area contributed by atoms with Gasteiger partial charge in [0.15, 0.2) is 0 Å². The molecule has 4 rings (SSSR count). The van der Waals surface area contributed by atoms with Gasteiger partial charge in [-0.1, -0.05) is 18.2 Å². The van der Waals surface area contributed by atoms with Gasteiger partial charge in [-0.2, -0.15) is 0 Å². The number of hydrogen-bond acceptors (Lipinski definition) is 4. The lowest BCUT2D eigenvalue weighted by Gasteiger charge is -2.36. The van der Waals surface area contributed by atoms with Crippen LogP contribution in [-0.4, -0.2) is 35.1 Å². The van der Waals surface area contributed by atoms with Crippen LogP contribution in [0.2, 0.25) is 0 Å². The Balaban J connectivity index is 1.61. The molecule has 1 aromatic carbocycles. The number of hydrogen-bond donors (Lipinski definition) is 2. The van der Waals surface area contributed by atoms with Gasteiger partial charge in [-0.05, 0) is 38.3 Å². The summed E-state index contributed by atoms with van der Waals surface area (Å²) in [7, 11) is 0. The minimum atomic E-state index is 0.525. The standard InChI is InChI=1S/C17H22N4/c18-15-11-19-16-6-2-1-5-14(16)17(15)20-12-7-9-21-8-3-4-13(21)10-12/h1-2,5-6,11-13H,3-4,7-10,18H2,(H,19,20). The van der Waals surface area contributed by atoms with Crippen LogP contribution < -0.4 is 11.1 Å². The highest BCUT2D eigenvalue weighted by atomic mass is 15.2. The van der Waals surface area contributed by atoms with Crippen molar-refractivity contribution in [3.63, 3.8) is 0 Å². The molecule has 2 aliphatic heterocycles. The zero-order valence-corrected chi connectivity index (χ0v) is 12.3. The van der Waals surface area contributed by atoms with Crippen LogP contribution >= 0.6 is 0 Å². The lowest BCUT2D eigenvalue weighted by molar-refractivity contribution is 0.188. The average molecular weight is 282 g/mol. The highest BCUT2D eigenvalue weighted by Crippen LogP contribution is 2.32. The molecule has 0 aliphatic carbocycles. The van der Waals surface area contributed by atoms with Crippen molar-refractivity contribution in [1.29, 1.82) is 0 Å². The second-order valence-electron chi connectivity index (χ2n) is 6.30. The summed E-state index contributed by atoms with van der Waals surface area (Å²) in [5.41, 5.74) is 9.00. The summed E-state index contributed by atoms with van der Waals surface area (Å²) in [5.74, 6) is 0. The Morgan fingerprint density at radius 3 is 3.05 bits per heavy atom. The molecular formula is C17H22N4. The van der Waals surface area contributed by atoms with Crippen molar-refractivity contribution in [2.45, 2.75) is 37.8 Å². The van der Waals surface area contributed by atoms with Gasteiger partial charge in [0, 0.05) is 24.0 Å². The summed E-state index contributed by atoms with van der Waals surface area (Å²) >= 11 is 0. The first-order valence-corrected chi connectivity index (χ1v) is 7.95. The van der Waals surface area contributed by atoms with Crippen LogP contribution in [0.25, 0.3) is 10.9 Å². The van der Waals surface area contributed by atoms with Gasteiger partial charge in [0.2, 0.25) is 0 Å². The molecule has 4 nitrogen and oxygen atoms in total. The molecule has 2 unspecified atom stereocenters. The summed E-state index contributed by atoms with van der Waals surface area (Å²) < 4.78 is 0. The van der Waals surface area contributed by atoms with E-state index in [9.17, 15) is 0 Å². The zero-order chi connectivity index (χ0) is 14.2. The van der Waals surface area contributed by atoms with Crippen molar-refractivity contribution < 1.29 is 0 Å². The van der Waals surface area contributed by atoms with Crippen LogP contribution in [0.3, 0.4) is 0 Å². The largest absolute Gasteiger partial charge is 0.396 e. The summed E-state index contributed by atoms with van der Waals surface area (Å²) in [5, 5.41) is 4.84. The van der Waals surface area contributed by atoms with Crippen LogP contribution in [0.5, 0.6) is 0 Å². The highest BCUT2D eigenvalue weighted by Gasteiger charge is 2.31. The fourth-order valence-electron chi connectivity index (χ4n) is 3.88. The first-order chi connectivity index (χ1) is 10.3. The minimum Gasteiger partial charge on any atom is -0.396 e. The Hall–Kier alpha value is -1.81. The molecule has 2 atom stereocenters. The third-order valence-corrected chi connectivity index (χ3v) is 4.97. The SMILES string of the molecule is Nc1cnc2ccccc2c1NC1CCN2CCCC2C1. The maximum Gasteiger partial charge on any atom is 0.0743 e. The van der Waals surface area contributed by atoms with Crippen LogP contribution in [0.15, 0.2) is 30.5 Å². The smallest absolute Gasteiger partial charge is 0.0743 e. The predicted octanol–water partition coefficient (Wildman–Crippen LogP) is 2.86. The molecule has 0 saturated carbocycles. The molecule has 2 saturated heterocycles. The Bertz CT molecular complexity index is 654. The number of benzene rings is 1. The molecule has 0 bridgehead atoms. The van der Waals surface area contributed by atoms with E-state index in [-0.39, 0.29) is 0 Å². The van der Waals surface area contributed by atoms with Gasteiger partial charge in [0.1, 0.15) is 0 Å². The summed E-state index contributed by atoms with van der Waals surface area (Å²) in [6.45, 7) is 2.50. The van der Waals surface area contributed by atoms with Crippen LogP contribution in [0, 0.1) is 0 Å².